The zero-order chi connectivity index (χ0) is 11.5. The smallest absolute Gasteiger partial charge is 0.282 e. The molecule has 1 unspecified atom stereocenters. The van der Waals surface area contributed by atoms with Crippen LogP contribution in [0.1, 0.15) is 25.5 Å². The number of aromatic amines is 1. The van der Waals surface area contributed by atoms with Crippen LogP contribution in [0.2, 0.25) is 5.02 Å². The lowest BCUT2D eigenvalue weighted by atomic mass is 10.1. The summed E-state index contributed by atoms with van der Waals surface area (Å²) in [5.41, 5.74) is 0.555. The molecule has 2 heterocycles. The molecule has 2 rings (SSSR count). The van der Waals surface area contributed by atoms with Gasteiger partial charge in [0.15, 0.2) is 0 Å². The van der Waals surface area contributed by atoms with Crippen molar-refractivity contribution in [3.8, 4) is 0 Å². The number of hydrogen-bond acceptors (Lipinski definition) is 3. The normalized spacial score (nSPS) is 21.5. The molecular formula is C11H16ClN3O. The molecule has 1 fully saturated rings. The Morgan fingerprint density at radius 3 is 3.19 bits per heavy atom. The highest BCUT2D eigenvalue weighted by Crippen LogP contribution is 2.20. The molecule has 0 saturated carbocycles. The largest absolute Gasteiger partial charge is 0.300 e. The minimum Gasteiger partial charge on any atom is -0.300 e. The first kappa shape index (κ1) is 11.6. The van der Waals surface area contributed by atoms with Crippen LogP contribution in [0.25, 0.3) is 0 Å². The van der Waals surface area contributed by atoms with Crippen molar-refractivity contribution in [1.82, 2.24) is 15.1 Å². The van der Waals surface area contributed by atoms with E-state index >= 15 is 0 Å². The molecule has 16 heavy (non-hydrogen) atoms. The summed E-state index contributed by atoms with van der Waals surface area (Å²) in [4.78, 5) is 13.5. The van der Waals surface area contributed by atoms with Gasteiger partial charge in [0.2, 0.25) is 0 Å². The zero-order valence-corrected chi connectivity index (χ0v) is 10.1. The lowest BCUT2D eigenvalue weighted by molar-refractivity contribution is 0.264. The molecule has 1 atom stereocenters. The third-order valence-corrected chi connectivity index (χ3v) is 3.44. The van der Waals surface area contributed by atoms with E-state index < -0.39 is 0 Å². The summed E-state index contributed by atoms with van der Waals surface area (Å²) in [5, 5.41) is 6.67. The van der Waals surface area contributed by atoms with Gasteiger partial charge < -0.3 is 4.90 Å². The Balaban J connectivity index is 2.08. The van der Waals surface area contributed by atoms with Crippen molar-refractivity contribution >= 4 is 11.6 Å². The quantitative estimate of drug-likeness (QED) is 0.872. The average Bonchev–Trinajstić information content (AvgIpc) is 2.71. The number of halogens is 1. The fraction of sp³-hybridized carbons (Fsp3) is 0.636. The summed E-state index contributed by atoms with van der Waals surface area (Å²) in [5.74, 6) is 0. The average molecular weight is 242 g/mol. The standard InChI is InChI=1S/C11H16ClN3O/c1-2-15-5-3-4-9(15)6-8-7-10(12)11(16)14-13-8/h7,9H,2-6H2,1H3,(H,14,16). The van der Waals surface area contributed by atoms with Gasteiger partial charge in [-0.25, -0.2) is 5.10 Å². The van der Waals surface area contributed by atoms with Gasteiger partial charge >= 0.3 is 0 Å². The van der Waals surface area contributed by atoms with Crippen molar-refractivity contribution in [2.75, 3.05) is 13.1 Å². The monoisotopic (exact) mass is 241 g/mol. The second-order valence-electron chi connectivity index (χ2n) is 4.17. The minimum atomic E-state index is -0.316. The van der Waals surface area contributed by atoms with Crippen molar-refractivity contribution in [3.05, 3.63) is 27.1 Å². The second-order valence-corrected chi connectivity index (χ2v) is 4.57. The first-order valence-electron chi connectivity index (χ1n) is 5.69. The lowest BCUT2D eigenvalue weighted by Gasteiger charge is -2.22. The van der Waals surface area contributed by atoms with E-state index in [2.05, 4.69) is 22.0 Å². The molecule has 88 valence electrons. The SMILES string of the molecule is CCN1CCCC1Cc1cc(Cl)c(=O)[nH]n1. The van der Waals surface area contributed by atoms with Gasteiger partial charge in [-0.05, 0) is 32.0 Å². The molecular weight excluding hydrogens is 226 g/mol. The predicted octanol–water partition coefficient (Wildman–Crippen LogP) is 1.45. The Hall–Kier alpha value is -0.870. The van der Waals surface area contributed by atoms with Crippen molar-refractivity contribution in [2.24, 2.45) is 0 Å². The van der Waals surface area contributed by atoms with Gasteiger partial charge in [-0.15, -0.1) is 0 Å². The Morgan fingerprint density at radius 1 is 1.69 bits per heavy atom. The van der Waals surface area contributed by atoms with E-state index in [0.29, 0.717) is 6.04 Å². The molecule has 0 aromatic carbocycles. The summed E-state index contributed by atoms with van der Waals surface area (Å²) >= 11 is 5.77. The molecule has 0 aliphatic carbocycles. The molecule has 1 aromatic heterocycles. The lowest BCUT2D eigenvalue weighted by Crippen LogP contribution is -2.31. The van der Waals surface area contributed by atoms with Gasteiger partial charge in [-0.2, -0.15) is 5.10 Å². The first-order valence-corrected chi connectivity index (χ1v) is 6.06. The molecule has 0 spiro atoms. The number of nitrogens with zero attached hydrogens (tertiary/aromatic N) is 2. The molecule has 1 N–H and O–H groups in total. The highest BCUT2D eigenvalue weighted by Gasteiger charge is 2.23. The van der Waals surface area contributed by atoms with E-state index in [0.717, 1.165) is 25.2 Å². The van der Waals surface area contributed by atoms with E-state index in [1.165, 1.54) is 12.8 Å². The maximum atomic E-state index is 11.1. The van der Waals surface area contributed by atoms with Crippen molar-refractivity contribution < 1.29 is 0 Å². The molecule has 0 radical (unpaired) electrons. The van der Waals surface area contributed by atoms with Crippen LogP contribution in [0.15, 0.2) is 10.9 Å². The summed E-state index contributed by atoms with van der Waals surface area (Å²) in [7, 11) is 0. The number of rotatable bonds is 3. The van der Waals surface area contributed by atoms with E-state index in [-0.39, 0.29) is 10.6 Å². The molecule has 1 aromatic rings. The van der Waals surface area contributed by atoms with Crippen LogP contribution < -0.4 is 5.56 Å². The Kier molecular flexibility index (Phi) is 3.61. The Labute approximate surface area is 99.6 Å². The van der Waals surface area contributed by atoms with Gasteiger partial charge in [0.25, 0.3) is 5.56 Å². The van der Waals surface area contributed by atoms with Crippen LogP contribution in [0.4, 0.5) is 0 Å². The van der Waals surface area contributed by atoms with E-state index in [1.54, 1.807) is 6.07 Å². The number of H-pyrrole nitrogens is 1. The zero-order valence-electron chi connectivity index (χ0n) is 9.37. The van der Waals surface area contributed by atoms with Crippen molar-refractivity contribution in [1.29, 1.82) is 0 Å². The predicted molar refractivity (Wildman–Crippen MR) is 63.8 cm³/mol. The van der Waals surface area contributed by atoms with Crippen LogP contribution >= 0.6 is 11.6 Å². The van der Waals surface area contributed by atoms with Crippen LogP contribution in [0.3, 0.4) is 0 Å². The number of nitrogens with one attached hydrogen (secondary N) is 1. The van der Waals surface area contributed by atoms with Gasteiger partial charge in [-0.3, -0.25) is 4.79 Å². The molecule has 4 nitrogen and oxygen atoms in total. The van der Waals surface area contributed by atoms with Gasteiger partial charge in [0.1, 0.15) is 5.02 Å². The third kappa shape index (κ3) is 2.44. The Bertz CT molecular complexity index is 418. The molecule has 0 bridgehead atoms. The fourth-order valence-corrected chi connectivity index (χ4v) is 2.48. The van der Waals surface area contributed by atoms with Crippen molar-refractivity contribution in [2.45, 2.75) is 32.2 Å². The first-order chi connectivity index (χ1) is 7.70. The van der Waals surface area contributed by atoms with Gasteiger partial charge in [0, 0.05) is 12.5 Å². The second kappa shape index (κ2) is 4.97. The molecule has 1 aliphatic rings. The topological polar surface area (TPSA) is 49.0 Å². The molecule has 1 saturated heterocycles. The van der Waals surface area contributed by atoms with Crippen molar-refractivity contribution in [3.63, 3.8) is 0 Å². The number of aromatic nitrogens is 2. The summed E-state index contributed by atoms with van der Waals surface area (Å²) < 4.78 is 0. The maximum Gasteiger partial charge on any atom is 0.282 e. The van der Waals surface area contributed by atoms with Crippen LogP contribution in [-0.4, -0.2) is 34.2 Å². The number of hydrogen-bond donors (Lipinski definition) is 1. The number of likely N-dealkylation sites (tertiary alicyclic amines) is 1. The molecule has 0 amide bonds. The van der Waals surface area contributed by atoms with Gasteiger partial charge in [-0.1, -0.05) is 18.5 Å². The van der Waals surface area contributed by atoms with E-state index in [9.17, 15) is 4.79 Å². The van der Waals surface area contributed by atoms with E-state index in [4.69, 9.17) is 11.6 Å². The Morgan fingerprint density at radius 2 is 2.50 bits per heavy atom. The van der Waals surface area contributed by atoms with Gasteiger partial charge in [0.05, 0.1) is 5.69 Å². The highest BCUT2D eigenvalue weighted by molar-refractivity contribution is 6.30. The highest BCUT2D eigenvalue weighted by atomic mass is 35.5. The maximum absolute atomic E-state index is 11.1. The van der Waals surface area contributed by atoms with E-state index in [1.807, 2.05) is 0 Å². The van der Waals surface area contributed by atoms with Crippen LogP contribution in [-0.2, 0) is 6.42 Å². The number of likely N-dealkylation sites (N-methyl/N-ethyl adjacent to an activating group) is 1. The summed E-state index contributed by atoms with van der Waals surface area (Å²) in [6.07, 6.45) is 3.31. The minimum absolute atomic E-state index is 0.228. The van der Waals surface area contributed by atoms with Crippen LogP contribution in [0, 0.1) is 0 Å². The third-order valence-electron chi connectivity index (χ3n) is 3.16. The molecule has 5 heteroatoms. The summed E-state index contributed by atoms with van der Waals surface area (Å²) in [6, 6.07) is 2.21. The van der Waals surface area contributed by atoms with Crippen LogP contribution in [0.5, 0.6) is 0 Å². The summed E-state index contributed by atoms with van der Waals surface area (Å²) in [6.45, 7) is 4.41. The fourth-order valence-electron chi connectivity index (χ4n) is 2.31. The molecule has 1 aliphatic heterocycles.